The van der Waals surface area contributed by atoms with E-state index in [0.717, 1.165) is 37.0 Å². The van der Waals surface area contributed by atoms with Gasteiger partial charge in [0.1, 0.15) is 0 Å². The number of unbranched alkanes of at least 4 members (excludes halogenated alkanes) is 1. The number of carbonyl (C=O) groups excluding carboxylic acids is 1. The van der Waals surface area contributed by atoms with E-state index in [9.17, 15) is 4.79 Å². The Bertz CT molecular complexity index is 412. The van der Waals surface area contributed by atoms with E-state index in [-0.39, 0.29) is 5.91 Å². The summed E-state index contributed by atoms with van der Waals surface area (Å²) < 4.78 is 5.45. The lowest BCUT2D eigenvalue weighted by Crippen LogP contribution is -2.25. The summed E-state index contributed by atoms with van der Waals surface area (Å²) in [6.07, 6.45) is 5.01. The van der Waals surface area contributed by atoms with Crippen LogP contribution in [-0.4, -0.2) is 25.7 Å². The molecule has 0 aromatic heterocycles. The van der Waals surface area contributed by atoms with Gasteiger partial charge < -0.3 is 10.1 Å². The summed E-state index contributed by atoms with van der Waals surface area (Å²) in [5.41, 5.74) is 1.77. The molecule has 0 aliphatic carbocycles. The Labute approximate surface area is 122 Å². The van der Waals surface area contributed by atoms with E-state index < -0.39 is 0 Å². The van der Waals surface area contributed by atoms with E-state index in [1.165, 1.54) is 0 Å². The first-order valence-electron chi connectivity index (χ1n) is 7.33. The Kier molecular flexibility index (Phi) is 8.40. The minimum absolute atomic E-state index is 0.0117. The molecule has 3 heteroatoms. The van der Waals surface area contributed by atoms with E-state index in [1.54, 1.807) is 0 Å². The molecule has 0 saturated heterocycles. The fourth-order valence-electron chi connectivity index (χ4n) is 1.73. The van der Waals surface area contributed by atoms with Gasteiger partial charge in [0.15, 0.2) is 0 Å². The van der Waals surface area contributed by atoms with Crippen molar-refractivity contribution < 1.29 is 9.53 Å². The lowest BCUT2D eigenvalue weighted by Gasteiger charge is -2.06. The Hall–Kier alpha value is -1.61. The molecule has 3 nitrogen and oxygen atoms in total. The zero-order valence-corrected chi connectivity index (χ0v) is 12.5. The van der Waals surface area contributed by atoms with E-state index in [2.05, 4.69) is 12.2 Å². The molecule has 1 N–H and O–H groups in total. The molecule has 0 fully saturated rings. The number of carbonyl (C=O) groups is 1. The highest BCUT2D eigenvalue weighted by molar-refractivity contribution is 5.97. The van der Waals surface area contributed by atoms with Gasteiger partial charge >= 0.3 is 0 Å². The van der Waals surface area contributed by atoms with Gasteiger partial charge in [-0.2, -0.15) is 0 Å². The van der Waals surface area contributed by atoms with Gasteiger partial charge in [-0.25, -0.2) is 0 Å². The summed E-state index contributed by atoms with van der Waals surface area (Å²) >= 11 is 0. The molecule has 0 unspecified atom stereocenters. The molecule has 0 aliphatic rings. The van der Waals surface area contributed by atoms with Crippen LogP contribution < -0.4 is 5.32 Å². The van der Waals surface area contributed by atoms with Crippen LogP contribution in [0.3, 0.4) is 0 Å². The summed E-state index contributed by atoms with van der Waals surface area (Å²) in [4.78, 5) is 11.9. The number of hydrogen-bond donors (Lipinski definition) is 1. The minimum atomic E-state index is -0.0117. The molecule has 1 aromatic carbocycles. The second-order valence-electron chi connectivity index (χ2n) is 4.81. The van der Waals surface area contributed by atoms with Crippen LogP contribution in [0.5, 0.6) is 0 Å². The number of nitrogens with one attached hydrogen (secondary N) is 1. The van der Waals surface area contributed by atoms with Crippen molar-refractivity contribution in [3.05, 3.63) is 41.5 Å². The zero-order valence-electron chi connectivity index (χ0n) is 12.5. The van der Waals surface area contributed by atoms with Crippen molar-refractivity contribution in [1.82, 2.24) is 5.32 Å². The standard InChI is InChI=1S/C17H25NO2/c1-3-4-12-20-13-8-11-18-17(19)15(2)14-16-9-6-5-7-10-16/h5-7,9-10,14H,3-4,8,11-13H2,1-2H3,(H,18,19)/b15-14+. The Balaban J connectivity index is 2.20. The van der Waals surface area contributed by atoms with Gasteiger partial charge in [0.25, 0.3) is 0 Å². The third-order valence-corrected chi connectivity index (χ3v) is 2.93. The van der Waals surface area contributed by atoms with Crippen LogP contribution >= 0.6 is 0 Å². The fourth-order valence-corrected chi connectivity index (χ4v) is 1.73. The van der Waals surface area contributed by atoms with Crippen molar-refractivity contribution in [3.63, 3.8) is 0 Å². The van der Waals surface area contributed by atoms with Gasteiger partial charge in [-0.1, -0.05) is 43.7 Å². The number of rotatable bonds is 9. The molecule has 1 aromatic rings. The molecule has 0 atom stereocenters. The summed E-state index contributed by atoms with van der Waals surface area (Å²) in [6.45, 7) is 6.16. The Morgan fingerprint density at radius 1 is 1.20 bits per heavy atom. The highest BCUT2D eigenvalue weighted by atomic mass is 16.5. The van der Waals surface area contributed by atoms with Crippen LogP contribution in [0.4, 0.5) is 0 Å². The van der Waals surface area contributed by atoms with Gasteiger partial charge in [0.05, 0.1) is 0 Å². The van der Waals surface area contributed by atoms with Crippen LogP contribution in [0.15, 0.2) is 35.9 Å². The number of benzene rings is 1. The third kappa shape index (κ3) is 7.10. The largest absolute Gasteiger partial charge is 0.381 e. The Morgan fingerprint density at radius 2 is 1.90 bits per heavy atom. The van der Waals surface area contributed by atoms with Crippen LogP contribution in [0.25, 0.3) is 6.08 Å². The maximum absolute atomic E-state index is 11.9. The third-order valence-electron chi connectivity index (χ3n) is 2.93. The molecule has 110 valence electrons. The summed E-state index contributed by atoms with van der Waals surface area (Å²) in [6, 6.07) is 9.86. The lowest BCUT2D eigenvalue weighted by atomic mass is 10.1. The maximum atomic E-state index is 11.9. The maximum Gasteiger partial charge on any atom is 0.246 e. The topological polar surface area (TPSA) is 38.3 Å². The average Bonchev–Trinajstić information content (AvgIpc) is 2.47. The second kappa shape index (κ2) is 10.2. The second-order valence-corrected chi connectivity index (χ2v) is 4.81. The van der Waals surface area contributed by atoms with Crippen molar-refractivity contribution in [2.24, 2.45) is 0 Å². The predicted molar refractivity (Wildman–Crippen MR) is 83.4 cm³/mol. The lowest BCUT2D eigenvalue weighted by molar-refractivity contribution is -0.117. The highest BCUT2D eigenvalue weighted by Gasteiger charge is 2.02. The first-order valence-corrected chi connectivity index (χ1v) is 7.33. The van der Waals surface area contributed by atoms with Gasteiger partial charge in [-0.3, -0.25) is 4.79 Å². The zero-order chi connectivity index (χ0) is 14.6. The fraction of sp³-hybridized carbons (Fsp3) is 0.471. The van der Waals surface area contributed by atoms with Gasteiger partial charge in [-0.15, -0.1) is 0 Å². The van der Waals surface area contributed by atoms with Crippen molar-refractivity contribution in [2.45, 2.75) is 33.1 Å². The molecular weight excluding hydrogens is 250 g/mol. The van der Waals surface area contributed by atoms with Crippen molar-refractivity contribution in [2.75, 3.05) is 19.8 Å². The van der Waals surface area contributed by atoms with Crippen LogP contribution in [0.1, 0.15) is 38.7 Å². The minimum Gasteiger partial charge on any atom is -0.381 e. The van der Waals surface area contributed by atoms with Gasteiger partial charge in [0, 0.05) is 25.3 Å². The van der Waals surface area contributed by atoms with E-state index in [1.807, 2.05) is 43.3 Å². The molecule has 0 bridgehead atoms. The highest BCUT2D eigenvalue weighted by Crippen LogP contribution is 2.05. The molecule has 20 heavy (non-hydrogen) atoms. The van der Waals surface area contributed by atoms with E-state index in [0.29, 0.717) is 13.2 Å². The van der Waals surface area contributed by atoms with Crippen molar-refractivity contribution in [1.29, 1.82) is 0 Å². The monoisotopic (exact) mass is 275 g/mol. The molecule has 1 rings (SSSR count). The molecule has 0 spiro atoms. The van der Waals surface area contributed by atoms with Crippen LogP contribution in [0.2, 0.25) is 0 Å². The van der Waals surface area contributed by atoms with Crippen molar-refractivity contribution >= 4 is 12.0 Å². The molecular formula is C17H25NO2. The summed E-state index contributed by atoms with van der Waals surface area (Å²) in [5.74, 6) is -0.0117. The molecule has 0 aliphatic heterocycles. The molecule has 0 radical (unpaired) electrons. The van der Waals surface area contributed by atoms with E-state index in [4.69, 9.17) is 4.74 Å². The smallest absolute Gasteiger partial charge is 0.246 e. The summed E-state index contributed by atoms with van der Waals surface area (Å²) in [5, 5.41) is 2.91. The first-order chi connectivity index (χ1) is 9.74. The number of hydrogen-bond acceptors (Lipinski definition) is 2. The van der Waals surface area contributed by atoms with Crippen molar-refractivity contribution in [3.8, 4) is 0 Å². The SMILES string of the molecule is CCCCOCCCNC(=O)/C(C)=C/c1ccccc1. The molecule has 0 heterocycles. The molecule has 0 saturated carbocycles. The van der Waals surface area contributed by atoms with Crippen LogP contribution in [0, 0.1) is 0 Å². The quantitative estimate of drug-likeness (QED) is 0.554. The predicted octanol–water partition coefficient (Wildman–Crippen LogP) is 3.41. The first kappa shape index (κ1) is 16.4. The van der Waals surface area contributed by atoms with E-state index >= 15 is 0 Å². The summed E-state index contributed by atoms with van der Waals surface area (Å²) in [7, 11) is 0. The average molecular weight is 275 g/mol. The van der Waals surface area contributed by atoms with Crippen LogP contribution in [-0.2, 0) is 9.53 Å². The number of ether oxygens (including phenoxy) is 1. The Morgan fingerprint density at radius 3 is 2.60 bits per heavy atom. The normalized spacial score (nSPS) is 11.4. The van der Waals surface area contributed by atoms with Gasteiger partial charge in [-0.05, 0) is 31.4 Å². The molecule has 1 amide bonds. The van der Waals surface area contributed by atoms with Gasteiger partial charge in [0.2, 0.25) is 5.91 Å². The number of amides is 1.